The van der Waals surface area contributed by atoms with Crippen LogP contribution in [0.15, 0.2) is 0 Å². The van der Waals surface area contributed by atoms with E-state index in [2.05, 4.69) is 4.74 Å². The summed E-state index contributed by atoms with van der Waals surface area (Å²) in [5, 5.41) is 0. The summed E-state index contributed by atoms with van der Waals surface area (Å²) in [4.78, 5) is 10.8. The van der Waals surface area contributed by atoms with Gasteiger partial charge >= 0.3 is 5.97 Å². The summed E-state index contributed by atoms with van der Waals surface area (Å²) in [5.74, 6) is 0.698. The second kappa shape index (κ2) is 4.45. The third kappa shape index (κ3) is 2.48. The fourth-order valence-corrected chi connectivity index (χ4v) is 1.02. The molecule has 1 aliphatic carbocycles. The van der Waals surface area contributed by atoms with E-state index in [0.29, 0.717) is 0 Å². The van der Waals surface area contributed by atoms with Crippen LogP contribution in [0.1, 0.15) is 6.42 Å². The third-order valence-electron chi connectivity index (χ3n) is 1.73. The third-order valence-corrected chi connectivity index (χ3v) is 1.73. The van der Waals surface area contributed by atoms with E-state index >= 15 is 0 Å². The molecule has 0 aromatic heterocycles. The molecule has 0 aromatic rings. The molecule has 0 spiro atoms. The lowest BCUT2D eigenvalue weighted by atomic mass is 9.96. The van der Waals surface area contributed by atoms with Crippen molar-refractivity contribution in [2.75, 3.05) is 7.11 Å². The first-order valence-electron chi connectivity index (χ1n) is 3.78. The molecule has 0 bridgehead atoms. The van der Waals surface area contributed by atoms with Crippen LogP contribution in [-0.2, 0) is 9.53 Å². The number of methoxy groups -OCH3 is 1. The van der Waals surface area contributed by atoms with E-state index < -0.39 is 0 Å². The molecule has 12 heavy (non-hydrogen) atoms. The number of esters is 1. The van der Waals surface area contributed by atoms with E-state index in [-0.39, 0.29) is 18.4 Å². The largest absolute Gasteiger partial charge is 0.469 e. The molecule has 1 aliphatic rings. The second-order valence-electron chi connectivity index (χ2n) is 2.60. The molecule has 2 N–H and O–H groups in total. The molecule has 0 aliphatic heterocycles. The first kappa shape index (κ1) is 9.52. The normalized spacial score (nSPS) is 20.8. The molecule has 0 unspecified atom stereocenters. The van der Waals surface area contributed by atoms with Crippen molar-refractivity contribution in [2.24, 2.45) is 5.73 Å². The number of carbonyl (C=O) groups is 1. The summed E-state index contributed by atoms with van der Waals surface area (Å²) >= 11 is 0. The highest BCUT2D eigenvalue weighted by atomic mass is 16.5. The zero-order valence-corrected chi connectivity index (χ0v) is 6.99. The Balaban J connectivity index is 2.26. The van der Waals surface area contributed by atoms with Crippen LogP contribution in [0.2, 0.25) is 0 Å². The lowest BCUT2D eigenvalue weighted by Gasteiger charge is -2.15. The minimum absolute atomic E-state index is 0.237. The number of ether oxygens (including phenoxy) is 1. The highest BCUT2D eigenvalue weighted by Crippen LogP contribution is 2.26. The summed E-state index contributed by atoms with van der Waals surface area (Å²) in [6, 6.07) is -0.243. The predicted octanol–water partition coefficient (Wildman–Crippen LogP) is 0.282. The predicted molar refractivity (Wildman–Crippen MR) is 45.1 cm³/mol. The maximum Gasteiger partial charge on any atom is 0.307 e. The SMILES string of the molecule is COC(=O)C[C@@H](N)[C]1[CH][CH][CH][CH]1. The average Bonchev–Trinajstić information content (AvgIpc) is 2.56. The van der Waals surface area contributed by atoms with Crippen LogP contribution in [0.3, 0.4) is 0 Å². The zero-order chi connectivity index (χ0) is 8.97. The molecule has 0 saturated heterocycles. The Hall–Kier alpha value is -0.570. The molecule has 1 saturated carbocycles. The Labute approximate surface area is 73.3 Å². The van der Waals surface area contributed by atoms with Crippen LogP contribution in [0, 0.1) is 31.6 Å². The van der Waals surface area contributed by atoms with Crippen LogP contribution in [0.5, 0.6) is 0 Å². The van der Waals surface area contributed by atoms with Gasteiger partial charge in [-0.1, -0.05) is 0 Å². The van der Waals surface area contributed by atoms with Gasteiger partial charge in [0.2, 0.25) is 0 Å². The molecule has 0 heterocycles. The van der Waals surface area contributed by atoms with Crippen LogP contribution in [0.4, 0.5) is 0 Å². The Morgan fingerprint density at radius 2 is 2.17 bits per heavy atom. The molecule has 1 atom stereocenters. The van der Waals surface area contributed by atoms with E-state index in [1.807, 2.05) is 25.7 Å². The second-order valence-corrected chi connectivity index (χ2v) is 2.60. The smallest absolute Gasteiger partial charge is 0.307 e. The Kier molecular flexibility index (Phi) is 3.53. The molecule has 0 aromatic carbocycles. The number of hydrogen-bond acceptors (Lipinski definition) is 3. The van der Waals surface area contributed by atoms with Gasteiger partial charge in [0.15, 0.2) is 0 Å². The standard InChI is InChI=1S/C9H12NO2/c1-12-9(11)6-8(10)7-4-2-3-5-7/h2-5,8H,6,10H2,1H3/t8-/m1/s1. The lowest BCUT2D eigenvalue weighted by molar-refractivity contribution is -0.140. The van der Waals surface area contributed by atoms with Gasteiger partial charge in [-0.3, -0.25) is 4.79 Å². The van der Waals surface area contributed by atoms with Crippen molar-refractivity contribution < 1.29 is 9.53 Å². The molecule has 3 nitrogen and oxygen atoms in total. The minimum atomic E-state index is -0.274. The van der Waals surface area contributed by atoms with E-state index in [9.17, 15) is 4.79 Å². The first-order valence-corrected chi connectivity index (χ1v) is 3.78. The van der Waals surface area contributed by atoms with Crippen molar-refractivity contribution >= 4 is 5.97 Å². The number of hydrogen-bond donors (Lipinski definition) is 1. The zero-order valence-electron chi connectivity index (χ0n) is 6.99. The summed E-state index contributed by atoms with van der Waals surface area (Å²) in [6.07, 6.45) is 7.82. The maximum atomic E-state index is 10.8. The molecule has 1 fully saturated rings. The summed E-state index contributed by atoms with van der Waals surface area (Å²) in [7, 11) is 1.36. The highest BCUT2D eigenvalue weighted by Gasteiger charge is 2.25. The lowest BCUT2D eigenvalue weighted by Crippen LogP contribution is -2.30. The summed E-state index contributed by atoms with van der Waals surface area (Å²) in [6.45, 7) is 0. The van der Waals surface area contributed by atoms with Crippen LogP contribution in [0.25, 0.3) is 0 Å². The number of carbonyl (C=O) groups excluding carboxylic acids is 1. The molecular formula is C9H12NO2. The molecule has 65 valence electrons. The van der Waals surface area contributed by atoms with Gasteiger partial charge in [-0.15, -0.1) is 0 Å². The van der Waals surface area contributed by atoms with Gasteiger partial charge in [0.05, 0.1) is 13.5 Å². The van der Waals surface area contributed by atoms with Gasteiger partial charge in [0.1, 0.15) is 0 Å². The van der Waals surface area contributed by atoms with E-state index in [1.54, 1.807) is 0 Å². The minimum Gasteiger partial charge on any atom is -0.469 e. The quantitative estimate of drug-likeness (QED) is 0.613. The Bertz CT molecular complexity index is 153. The van der Waals surface area contributed by atoms with Crippen molar-refractivity contribution in [1.29, 1.82) is 0 Å². The molecule has 3 heteroatoms. The Morgan fingerprint density at radius 1 is 1.58 bits per heavy atom. The van der Waals surface area contributed by atoms with Crippen LogP contribution in [-0.4, -0.2) is 19.1 Å². The van der Waals surface area contributed by atoms with Gasteiger partial charge in [0, 0.05) is 12.0 Å². The van der Waals surface area contributed by atoms with Gasteiger partial charge in [-0.25, -0.2) is 0 Å². The molecular weight excluding hydrogens is 154 g/mol. The fraction of sp³-hybridized carbons (Fsp3) is 0.333. The summed E-state index contributed by atoms with van der Waals surface area (Å²) < 4.78 is 4.50. The molecule has 1 rings (SSSR count). The number of nitrogens with two attached hydrogens (primary N) is 1. The van der Waals surface area contributed by atoms with Gasteiger partial charge in [-0.2, -0.15) is 0 Å². The van der Waals surface area contributed by atoms with Gasteiger partial charge < -0.3 is 10.5 Å². The van der Waals surface area contributed by atoms with E-state index in [4.69, 9.17) is 5.73 Å². The monoisotopic (exact) mass is 166 g/mol. The topological polar surface area (TPSA) is 52.3 Å². The van der Waals surface area contributed by atoms with E-state index in [0.717, 1.165) is 5.92 Å². The van der Waals surface area contributed by atoms with E-state index in [1.165, 1.54) is 7.11 Å². The maximum absolute atomic E-state index is 10.8. The van der Waals surface area contributed by atoms with Crippen molar-refractivity contribution in [3.8, 4) is 0 Å². The Morgan fingerprint density at radius 3 is 2.67 bits per heavy atom. The van der Waals surface area contributed by atoms with Gasteiger partial charge in [0.25, 0.3) is 0 Å². The number of rotatable bonds is 3. The van der Waals surface area contributed by atoms with Crippen LogP contribution < -0.4 is 5.73 Å². The van der Waals surface area contributed by atoms with Crippen molar-refractivity contribution in [2.45, 2.75) is 12.5 Å². The molecule has 5 radical (unpaired) electrons. The first-order chi connectivity index (χ1) is 5.74. The fourth-order valence-electron chi connectivity index (χ4n) is 1.02. The van der Waals surface area contributed by atoms with Crippen molar-refractivity contribution in [1.82, 2.24) is 0 Å². The van der Waals surface area contributed by atoms with Crippen molar-refractivity contribution in [3.05, 3.63) is 31.6 Å². The van der Waals surface area contributed by atoms with Crippen LogP contribution >= 0.6 is 0 Å². The average molecular weight is 166 g/mol. The van der Waals surface area contributed by atoms with Crippen molar-refractivity contribution in [3.63, 3.8) is 0 Å². The summed E-state index contributed by atoms with van der Waals surface area (Å²) in [5.41, 5.74) is 5.72. The van der Waals surface area contributed by atoms with Gasteiger partial charge in [-0.05, 0) is 25.7 Å². The molecule has 0 amide bonds. The highest BCUT2D eigenvalue weighted by molar-refractivity contribution is 5.70.